The fraction of sp³-hybridized carbons (Fsp3) is 0.524. The Hall–Kier alpha value is -2.35. The molecule has 0 N–H and O–H groups in total. The molecule has 0 aliphatic carbocycles. The van der Waals surface area contributed by atoms with Crippen molar-refractivity contribution < 1.29 is 13.2 Å². The Morgan fingerprint density at radius 1 is 1.14 bits per heavy atom. The van der Waals surface area contributed by atoms with Crippen LogP contribution in [0.25, 0.3) is 0 Å². The molecule has 0 amide bonds. The standard InChI is InChI=1S/C21H27F3N4O/c1-4-6-7-11-26-13-27(17-10-8-9-16(12-17)21(22,23)24)20-25-15(3)18(5-2)19(29)28(20)14-26/h8-10,12H,4-7,11,13-14H2,1-3H3. The van der Waals surface area contributed by atoms with E-state index in [1.807, 2.05) is 6.92 Å². The third-order valence-electron chi connectivity index (χ3n) is 5.29. The lowest BCUT2D eigenvalue weighted by Crippen LogP contribution is -2.48. The number of alkyl halides is 3. The summed E-state index contributed by atoms with van der Waals surface area (Å²) in [6, 6.07) is 5.20. The first kappa shape index (κ1) is 21.4. The lowest BCUT2D eigenvalue weighted by Gasteiger charge is -2.38. The molecule has 158 valence electrons. The maximum Gasteiger partial charge on any atom is 0.416 e. The van der Waals surface area contributed by atoms with Crippen LogP contribution in [0.1, 0.15) is 49.9 Å². The van der Waals surface area contributed by atoms with E-state index in [0.717, 1.165) is 37.9 Å². The van der Waals surface area contributed by atoms with Gasteiger partial charge < -0.3 is 0 Å². The molecule has 0 fully saturated rings. The van der Waals surface area contributed by atoms with Crippen molar-refractivity contribution in [1.29, 1.82) is 0 Å². The topological polar surface area (TPSA) is 41.4 Å². The molecule has 8 heteroatoms. The maximum atomic E-state index is 13.2. The van der Waals surface area contributed by atoms with Gasteiger partial charge >= 0.3 is 6.18 Å². The Balaban J connectivity index is 2.08. The first-order valence-electron chi connectivity index (χ1n) is 10.0. The number of aryl methyl sites for hydroxylation is 1. The lowest BCUT2D eigenvalue weighted by molar-refractivity contribution is -0.137. The molecule has 1 aromatic carbocycles. The molecule has 0 unspecified atom stereocenters. The molecule has 29 heavy (non-hydrogen) atoms. The zero-order chi connectivity index (χ0) is 21.2. The molecule has 1 aliphatic rings. The molecular weight excluding hydrogens is 381 g/mol. The number of unbranched alkanes of at least 4 members (excludes halogenated alkanes) is 2. The van der Waals surface area contributed by atoms with E-state index >= 15 is 0 Å². The molecule has 0 spiro atoms. The highest BCUT2D eigenvalue weighted by molar-refractivity contribution is 5.59. The van der Waals surface area contributed by atoms with E-state index in [0.29, 0.717) is 42.7 Å². The number of anilines is 2. The van der Waals surface area contributed by atoms with Crippen LogP contribution < -0.4 is 10.5 Å². The van der Waals surface area contributed by atoms with Crippen LogP contribution in [0.15, 0.2) is 29.1 Å². The fourth-order valence-electron chi connectivity index (χ4n) is 3.71. The van der Waals surface area contributed by atoms with Crippen LogP contribution in [-0.2, 0) is 19.3 Å². The van der Waals surface area contributed by atoms with Crippen molar-refractivity contribution in [2.45, 2.75) is 59.3 Å². The molecule has 0 atom stereocenters. The highest BCUT2D eigenvalue weighted by Crippen LogP contribution is 2.34. The van der Waals surface area contributed by atoms with Crippen molar-refractivity contribution in [2.24, 2.45) is 0 Å². The number of rotatable bonds is 6. The van der Waals surface area contributed by atoms with Crippen LogP contribution in [-0.4, -0.2) is 27.7 Å². The van der Waals surface area contributed by atoms with Crippen molar-refractivity contribution in [3.63, 3.8) is 0 Å². The molecular formula is C21H27F3N4O. The van der Waals surface area contributed by atoms with Crippen LogP contribution >= 0.6 is 0 Å². The summed E-state index contributed by atoms with van der Waals surface area (Å²) in [4.78, 5) is 21.4. The van der Waals surface area contributed by atoms with Crippen molar-refractivity contribution in [3.05, 3.63) is 51.4 Å². The average Bonchev–Trinajstić information content (AvgIpc) is 2.68. The molecule has 0 saturated heterocycles. The second-order valence-corrected chi connectivity index (χ2v) is 7.42. The van der Waals surface area contributed by atoms with Gasteiger partial charge in [-0.25, -0.2) is 4.98 Å². The highest BCUT2D eigenvalue weighted by atomic mass is 19.4. The van der Waals surface area contributed by atoms with Crippen LogP contribution in [0, 0.1) is 6.92 Å². The minimum Gasteiger partial charge on any atom is -0.298 e. The van der Waals surface area contributed by atoms with Gasteiger partial charge in [0.05, 0.1) is 18.9 Å². The van der Waals surface area contributed by atoms with Gasteiger partial charge in [0.25, 0.3) is 5.56 Å². The van der Waals surface area contributed by atoms with Gasteiger partial charge in [0.2, 0.25) is 5.95 Å². The van der Waals surface area contributed by atoms with Crippen LogP contribution in [0.2, 0.25) is 0 Å². The Morgan fingerprint density at radius 3 is 2.55 bits per heavy atom. The smallest absolute Gasteiger partial charge is 0.298 e. The summed E-state index contributed by atoms with van der Waals surface area (Å²) in [5, 5.41) is 0. The predicted octanol–water partition coefficient (Wildman–Crippen LogP) is 4.69. The van der Waals surface area contributed by atoms with Gasteiger partial charge in [-0.15, -0.1) is 0 Å². The number of halogens is 3. The van der Waals surface area contributed by atoms with Crippen molar-refractivity contribution in [3.8, 4) is 0 Å². The average molecular weight is 408 g/mol. The first-order chi connectivity index (χ1) is 13.8. The molecule has 1 aromatic heterocycles. The Kier molecular flexibility index (Phi) is 6.31. The summed E-state index contributed by atoms with van der Waals surface area (Å²) in [5.41, 5.74) is 0.818. The first-order valence-corrected chi connectivity index (χ1v) is 10.0. The van der Waals surface area contributed by atoms with Crippen molar-refractivity contribution in [2.75, 3.05) is 18.1 Å². The molecule has 1 aliphatic heterocycles. The van der Waals surface area contributed by atoms with E-state index in [-0.39, 0.29) is 5.56 Å². The summed E-state index contributed by atoms with van der Waals surface area (Å²) in [6.07, 6.45) is -0.757. The van der Waals surface area contributed by atoms with E-state index in [9.17, 15) is 18.0 Å². The van der Waals surface area contributed by atoms with E-state index in [1.165, 1.54) is 6.07 Å². The largest absolute Gasteiger partial charge is 0.416 e. The molecule has 0 radical (unpaired) electrons. The van der Waals surface area contributed by atoms with E-state index in [1.54, 1.807) is 22.5 Å². The molecule has 5 nitrogen and oxygen atoms in total. The summed E-state index contributed by atoms with van der Waals surface area (Å²) in [7, 11) is 0. The zero-order valence-electron chi connectivity index (χ0n) is 17.1. The number of aromatic nitrogens is 2. The summed E-state index contributed by atoms with van der Waals surface area (Å²) >= 11 is 0. The van der Waals surface area contributed by atoms with E-state index in [2.05, 4.69) is 16.8 Å². The van der Waals surface area contributed by atoms with Gasteiger partial charge in [-0.2, -0.15) is 13.2 Å². The number of nitrogens with zero attached hydrogens (tertiary/aromatic N) is 4. The zero-order valence-corrected chi connectivity index (χ0v) is 17.1. The minimum atomic E-state index is -4.43. The minimum absolute atomic E-state index is 0.118. The Bertz CT molecular complexity index is 923. The highest BCUT2D eigenvalue weighted by Gasteiger charge is 2.32. The second kappa shape index (κ2) is 8.57. The quantitative estimate of drug-likeness (QED) is 0.650. The SMILES string of the molecule is CCCCCN1CN(c2cccc(C(F)(F)F)c2)c2nc(C)c(CC)c(=O)n2C1. The van der Waals surface area contributed by atoms with Gasteiger partial charge in [-0.1, -0.05) is 32.8 Å². The summed E-state index contributed by atoms with van der Waals surface area (Å²) in [6.45, 7) is 7.36. The van der Waals surface area contributed by atoms with Gasteiger partial charge in [0.15, 0.2) is 0 Å². The Morgan fingerprint density at radius 2 is 1.90 bits per heavy atom. The van der Waals surface area contributed by atoms with Gasteiger partial charge in [-0.05, 0) is 38.0 Å². The van der Waals surface area contributed by atoms with Crippen molar-refractivity contribution >= 4 is 11.6 Å². The molecule has 0 saturated carbocycles. The number of hydrogen-bond acceptors (Lipinski definition) is 4. The summed E-state index contributed by atoms with van der Waals surface area (Å²) in [5.74, 6) is 0.399. The monoisotopic (exact) mass is 408 g/mol. The number of benzene rings is 1. The molecule has 0 bridgehead atoms. The number of fused-ring (bicyclic) bond motifs is 1. The molecule has 3 rings (SSSR count). The van der Waals surface area contributed by atoms with E-state index in [4.69, 9.17) is 0 Å². The predicted molar refractivity (Wildman–Crippen MR) is 107 cm³/mol. The van der Waals surface area contributed by atoms with Crippen LogP contribution in [0.3, 0.4) is 0 Å². The van der Waals surface area contributed by atoms with Crippen LogP contribution in [0.4, 0.5) is 24.8 Å². The van der Waals surface area contributed by atoms with Crippen molar-refractivity contribution in [1.82, 2.24) is 14.5 Å². The summed E-state index contributed by atoms with van der Waals surface area (Å²) < 4.78 is 41.3. The normalized spacial score (nSPS) is 14.9. The lowest BCUT2D eigenvalue weighted by atomic mass is 10.1. The van der Waals surface area contributed by atoms with Gasteiger partial charge in [0.1, 0.15) is 0 Å². The Labute approximate surface area is 168 Å². The van der Waals surface area contributed by atoms with Gasteiger partial charge in [-0.3, -0.25) is 19.2 Å². The maximum absolute atomic E-state index is 13.2. The molecule has 2 heterocycles. The fourth-order valence-corrected chi connectivity index (χ4v) is 3.71. The second-order valence-electron chi connectivity index (χ2n) is 7.42. The number of hydrogen-bond donors (Lipinski definition) is 0. The molecule has 2 aromatic rings. The van der Waals surface area contributed by atoms with E-state index < -0.39 is 11.7 Å². The van der Waals surface area contributed by atoms with Crippen LogP contribution in [0.5, 0.6) is 0 Å². The van der Waals surface area contributed by atoms with Gasteiger partial charge in [0, 0.05) is 23.5 Å². The third kappa shape index (κ3) is 4.47. The third-order valence-corrected chi connectivity index (χ3v) is 5.29.